The van der Waals surface area contributed by atoms with Crippen LogP contribution in [0.25, 0.3) is 0 Å². The topological polar surface area (TPSA) is 66.6 Å². The molecular formula is C12H27N3O2S. The summed E-state index contributed by atoms with van der Waals surface area (Å²) < 4.78 is 28.0. The second-order valence-electron chi connectivity index (χ2n) is 5.31. The lowest BCUT2D eigenvalue weighted by molar-refractivity contribution is 0.199. The summed E-state index contributed by atoms with van der Waals surface area (Å²) in [6.45, 7) is 5.81. The van der Waals surface area contributed by atoms with E-state index in [0.29, 0.717) is 25.6 Å². The molecule has 1 aliphatic heterocycles. The van der Waals surface area contributed by atoms with E-state index < -0.39 is 10.2 Å². The van der Waals surface area contributed by atoms with Crippen LogP contribution in [-0.2, 0) is 10.2 Å². The fourth-order valence-electron chi connectivity index (χ4n) is 2.42. The first kappa shape index (κ1) is 15.9. The standard InChI is InChI=1S/C12H27N3O2S/c1-4-5-7-14(3)18(16,17)15-8-6-11(2)9-12(15)10-13/h11-12H,4-10,13H2,1-3H3. The molecule has 18 heavy (non-hydrogen) atoms. The molecule has 108 valence electrons. The zero-order valence-electron chi connectivity index (χ0n) is 11.8. The highest BCUT2D eigenvalue weighted by molar-refractivity contribution is 7.86. The van der Waals surface area contributed by atoms with E-state index in [1.54, 1.807) is 11.4 Å². The molecule has 1 aliphatic rings. The Hall–Kier alpha value is -0.170. The van der Waals surface area contributed by atoms with Crippen LogP contribution in [0.4, 0.5) is 0 Å². The molecule has 0 bridgehead atoms. The molecule has 0 radical (unpaired) electrons. The van der Waals surface area contributed by atoms with Crippen molar-refractivity contribution in [3.05, 3.63) is 0 Å². The molecule has 0 aromatic carbocycles. The lowest BCUT2D eigenvalue weighted by atomic mass is 9.94. The van der Waals surface area contributed by atoms with Crippen LogP contribution in [0.1, 0.15) is 39.5 Å². The van der Waals surface area contributed by atoms with Gasteiger partial charge >= 0.3 is 0 Å². The molecule has 0 amide bonds. The molecule has 1 heterocycles. The molecule has 0 aromatic rings. The van der Waals surface area contributed by atoms with Gasteiger partial charge in [-0.2, -0.15) is 17.0 Å². The number of hydrogen-bond donors (Lipinski definition) is 1. The number of rotatable bonds is 6. The predicted octanol–water partition coefficient (Wildman–Crippen LogP) is 1.02. The van der Waals surface area contributed by atoms with Crippen LogP contribution in [-0.4, -0.2) is 49.8 Å². The highest BCUT2D eigenvalue weighted by Gasteiger charge is 2.35. The van der Waals surface area contributed by atoms with Gasteiger partial charge in [0, 0.05) is 32.7 Å². The molecular weight excluding hydrogens is 250 g/mol. The fourth-order valence-corrected chi connectivity index (χ4v) is 4.03. The lowest BCUT2D eigenvalue weighted by Crippen LogP contribution is -2.53. The van der Waals surface area contributed by atoms with Gasteiger partial charge in [-0.25, -0.2) is 0 Å². The van der Waals surface area contributed by atoms with Crippen molar-refractivity contribution in [2.24, 2.45) is 11.7 Å². The van der Waals surface area contributed by atoms with Crippen molar-refractivity contribution in [2.45, 2.75) is 45.6 Å². The van der Waals surface area contributed by atoms with Crippen molar-refractivity contribution >= 4 is 10.2 Å². The summed E-state index contributed by atoms with van der Waals surface area (Å²) in [5, 5.41) is 0. The molecule has 0 aliphatic carbocycles. The van der Waals surface area contributed by atoms with Gasteiger partial charge in [-0.1, -0.05) is 20.3 Å². The molecule has 2 unspecified atom stereocenters. The largest absolute Gasteiger partial charge is 0.329 e. The maximum atomic E-state index is 12.5. The predicted molar refractivity (Wildman–Crippen MR) is 74.4 cm³/mol. The second kappa shape index (κ2) is 6.84. The lowest BCUT2D eigenvalue weighted by Gasteiger charge is -2.38. The number of unbranched alkanes of at least 4 members (excludes halogenated alkanes) is 1. The summed E-state index contributed by atoms with van der Waals surface area (Å²) in [4.78, 5) is 0. The molecule has 1 saturated heterocycles. The quantitative estimate of drug-likeness (QED) is 0.788. The molecule has 0 spiro atoms. The highest BCUT2D eigenvalue weighted by Crippen LogP contribution is 2.25. The fraction of sp³-hybridized carbons (Fsp3) is 1.00. The number of nitrogens with zero attached hydrogens (tertiary/aromatic N) is 2. The summed E-state index contributed by atoms with van der Waals surface area (Å²) in [6, 6.07) is -0.0390. The Morgan fingerprint density at radius 2 is 2.11 bits per heavy atom. The van der Waals surface area contributed by atoms with Gasteiger partial charge in [-0.15, -0.1) is 0 Å². The molecule has 5 nitrogen and oxygen atoms in total. The van der Waals surface area contributed by atoms with E-state index in [-0.39, 0.29) is 6.04 Å². The summed E-state index contributed by atoms with van der Waals surface area (Å²) in [5.74, 6) is 0.561. The SMILES string of the molecule is CCCCN(C)S(=O)(=O)N1CCC(C)CC1CN. The van der Waals surface area contributed by atoms with E-state index in [4.69, 9.17) is 5.73 Å². The minimum atomic E-state index is -3.33. The molecule has 2 atom stereocenters. The van der Waals surface area contributed by atoms with Crippen molar-refractivity contribution < 1.29 is 8.42 Å². The first-order valence-electron chi connectivity index (χ1n) is 6.86. The van der Waals surface area contributed by atoms with Gasteiger partial charge < -0.3 is 5.73 Å². The molecule has 0 aromatic heterocycles. The smallest absolute Gasteiger partial charge is 0.282 e. The Morgan fingerprint density at radius 3 is 2.67 bits per heavy atom. The number of nitrogens with two attached hydrogens (primary N) is 1. The average molecular weight is 277 g/mol. The van der Waals surface area contributed by atoms with Gasteiger partial charge in [-0.05, 0) is 25.2 Å². The third kappa shape index (κ3) is 3.66. The zero-order valence-corrected chi connectivity index (χ0v) is 12.6. The monoisotopic (exact) mass is 277 g/mol. The van der Waals surface area contributed by atoms with Gasteiger partial charge in [0.05, 0.1) is 0 Å². The summed E-state index contributed by atoms with van der Waals surface area (Å²) >= 11 is 0. The average Bonchev–Trinajstić information content (AvgIpc) is 2.35. The van der Waals surface area contributed by atoms with E-state index >= 15 is 0 Å². The minimum Gasteiger partial charge on any atom is -0.329 e. The van der Waals surface area contributed by atoms with Crippen molar-refractivity contribution in [1.82, 2.24) is 8.61 Å². The van der Waals surface area contributed by atoms with Gasteiger partial charge in [0.1, 0.15) is 0 Å². The Labute approximate surface area is 112 Å². The normalized spacial score (nSPS) is 26.7. The molecule has 1 fully saturated rings. The van der Waals surface area contributed by atoms with Crippen LogP contribution < -0.4 is 5.73 Å². The van der Waals surface area contributed by atoms with Crippen LogP contribution in [0.5, 0.6) is 0 Å². The van der Waals surface area contributed by atoms with Gasteiger partial charge in [0.25, 0.3) is 10.2 Å². The summed E-state index contributed by atoms with van der Waals surface area (Å²) in [7, 11) is -1.67. The van der Waals surface area contributed by atoms with Crippen LogP contribution >= 0.6 is 0 Å². The van der Waals surface area contributed by atoms with Crippen molar-refractivity contribution in [1.29, 1.82) is 0 Å². The van der Waals surface area contributed by atoms with Crippen molar-refractivity contribution in [2.75, 3.05) is 26.7 Å². The number of hydrogen-bond acceptors (Lipinski definition) is 3. The maximum absolute atomic E-state index is 12.5. The van der Waals surface area contributed by atoms with Crippen LogP contribution in [0.3, 0.4) is 0 Å². The van der Waals surface area contributed by atoms with Crippen molar-refractivity contribution in [3.63, 3.8) is 0 Å². The van der Waals surface area contributed by atoms with Crippen molar-refractivity contribution in [3.8, 4) is 0 Å². The Morgan fingerprint density at radius 1 is 1.44 bits per heavy atom. The molecule has 1 rings (SSSR count). The number of piperidine rings is 1. The molecule has 6 heteroatoms. The van der Waals surface area contributed by atoms with Crippen LogP contribution in [0, 0.1) is 5.92 Å². The van der Waals surface area contributed by atoms with E-state index in [2.05, 4.69) is 13.8 Å². The second-order valence-corrected chi connectivity index (χ2v) is 7.30. The summed E-state index contributed by atoms with van der Waals surface area (Å²) in [5.41, 5.74) is 5.73. The minimum absolute atomic E-state index is 0.0390. The van der Waals surface area contributed by atoms with E-state index in [1.807, 2.05) is 0 Å². The first-order valence-corrected chi connectivity index (χ1v) is 8.26. The Balaban J connectivity index is 2.76. The summed E-state index contributed by atoms with van der Waals surface area (Å²) in [6.07, 6.45) is 3.69. The third-order valence-electron chi connectivity index (χ3n) is 3.71. The van der Waals surface area contributed by atoms with Gasteiger partial charge in [-0.3, -0.25) is 0 Å². The maximum Gasteiger partial charge on any atom is 0.282 e. The zero-order chi connectivity index (χ0) is 13.8. The molecule has 0 saturated carbocycles. The van der Waals surface area contributed by atoms with E-state index in [0.717, 1.165) is 25.7 Å². The van der Waals surface area contributed by atoms with E-state index in [1.165, 1.54) is 4.31 Å². The highest BCUT2D eigenvalue weighted by atomic mass is 32.2. The van der Waals surface area contributed by atoms with E-state index in [9.17, 15) is 8.42 Å². The third-order valence-corrected chi connectivity index (χ3v) is 5.76. The van der Waals surface area contributed by atoms with Crippen LogP contribution in [0.2, 0.25) is 0 Å². The Kier molecular flexibility index (Phi) is 6.04. The van der Waals surface area contributed by atoms with Gasteiger partial charge in [0.2, 0.25) is 0 Å². The first-order chi connectivity index (χ1) is 8.43. The Bertz CT molecular complexity index is 345. The molecule has 2 N–H and O–H groups in total. The van der Waals surface area contributed by atoms with Gasteiger partial charge in [0.15, 0.2) is 0 Å². The van der Waals surface area contributed by atoms with Crippen LogP contribution in [0.15, 0.2) is 0 Å².